The molecule has 2 aromatic heterocycles. The number of para-hydroxylation sites is 1. The first kappa shape index (κ1) is 22.6. The van der Waals surface area contributed by atoms with Crippen LogP contribution in [0, 0.1) is 0 Å². The van der Waals surface area contributed by atoms with Crippen LogP contribution in [0.2, 0.25) is 0 Å². The smallest absolute Gasteiger partial charge is 0.309 e. The summed E-state index contributed by atoms with van der Waals surface area (Å²) in [5.41, 5.74) is 0.894. The van der Waals surface area contributed by atoms with Crippen molar-refractivity contribution in [1.82, 2.24) is 10.6 Å². The van der Waals surface area contributed by atoms with E-state index in [2.05, 4.69) is 10.6 Å². The molecule has 2 heterocycles. The molecule has 2 amide bonds. The van der Waals surface area contributed by atoms with Gasteiger partial charge in [0.2, 0.25) is 0 Å². The molecule has 0 spiro atoms. The molecule has 8 nitrogen and oxygen atoms in total. The van der Waals surface area contributed by atoms with Crippen molar-refractivity contribution in [2.45, 2.75) is 15.9 Å². The molecule has 1 aromatic carbocycles. The zero-order valence-corrected chi connectivity index (χ0v) is 18.4. The van der Waals surface area contributed by atoms with Crippen molar-refractivity contribution >= 4 is 33.0 Å². The van der Waals surface area contributed by atoms with E-state index in [1.54, 1.807) is 24.6 Å². The molecule has 0 saturated heterocycles. The first-order chi connectivity index (χ1) is 14.9. The summed E-state index contributed by atoms with van der Waals surface area (Å²) in [5, 5.41) is 5.44. The van der Waals surface area contributed by atoms with Crippen LogP contribution in [-0.2, 0) is 25.8 Å². The number of sulfone groups is 1. The lowest BCUT2D eigenvalue weighted by Crippen LogP contribution is -2.42. The van der Waals surface area contributed by atoms with Crippen LogP contribution in [0.5, 0.6) is 5.75 Å². The molecule has 2 N–H and O–H groups in total. The second-order valence-corrected chi connectivity index (χ2v) is 9.81. The zero-order valence-electron chi connectivity index (χ0n) is 16.7. The van der Waals surface area contributed by atoms with Gasteiger partial charge in [0, 0.05) is 13.1 Å². The highest BCUT2D eigenvalue weighted by Crippen LogP contribution is 2.31. The monoisotopic (exact) mass is 462 g/mol. The van der Waals surface area contributed by atoms with Crippen LogP contribution >= 0.6 is 11.3 Å². The summed E-state index contributed by atoms with van der Waals surface area (Å²) in [5.74, 6) is -0.883. The van der Waals surface area contributed by atoms with Gasteiger partial charge in [0.05, 0.1) is 13.4 Å². The average molecular weight is 463 g/mol. The van der Waals surface area contributed by atoms with Crippen LogP contribution in [0.4, 0.5) is 0 Å². The van der Waals surface area contributed by atoms with Crippen LogP contribution in [0.3, 0.4) is 0 Å². The fraction of sp³-hybridized carbons (Fsp3) is 0.238. The molecule has 0 fully saturated rings. The SMILES string of the molecule is COc1ccccc1CCNC(=O)C(=O)NC[C@H](c1ccco1)S(=O)(=O)c1cccs1. The molecule has 31 heavy (non-hydrogen) atoms. The number of rotatable bonds is 9. The maximum Gasteiger partial charge on any atom is 0.309 e. The highest BCUT2D eigenvalue weighted by Gasteiger charge is 2.33. The van der Waals surface area contributed by atoms with E-state index in [-0.39, 0.29) is 23.1 Å². The van der Waals surface area contributed by atoms with Crippen molar-refractivity contribution in [2.75, 3.05) is 20.2 Å². The number of furan rings is 1. The molecule has 0 aliphatic carbocycles. The lowest BCUT2D eigenvalue weighted by molar-refractivity contribution is -0.139. The average Bonchev–Trinajstić information content (AvgIpc) is 3.48. The maximum atomic E-state index is 13.0. The number of benzene rings is 1. The Hall–Kier alpha value is -3.11. The number of ether oxygens (including phenoxy) is 1. The van der Waals surface area contributed by atoms with Crippen LogP contribution in [-0.4, -0.2) is 40.4 Å². The molecule has 0 radical (unpaired) electrons. The Labute approximate surface area is 184 Å². The highest BCUT2D eigenvalue weighted by atomic mass is 32.2. The van der Waals surface area contributed by atoms with Crippen molar-refractivity contribution in [2.24, 2.45) is 0 Å². The van der Waals surface area contributed by atoms with E-state index >= 15 is 0 Å². The third-order valence-corrected chi connectivity index (χ3v) is 8.03. The molecular formula is C21H22N2O6S2. The Morgan fingerprint density at radius 3 is 2.52 bits per heavy atom. The van der Waals surface area contributed by atoms with E-state index in [1.165, 1.54) is 18.4 Å². The molecular weight excluding hydrogens is 440 g/mol. The second kappa shape index (κ2) is 10.3. The molecule has 10 heteroatoms. The van der Waals surface area contributed by atoms with Gasteiger partial charge in [0.1, 0.15) is 21.0 Å². The molecule has 1 atom stereocenters. The first-order valence-corrected chi connectivity index (χ1v) is 11.8. The van der Waals surface area contributed by atoms with Crippen LogP contribution in [0.25, 0.3) is 0 Å². The minimum absolute atomic E-state index is 0.157. The maximum absolute atomic E-state index is 13.0. The Balaban J connectivity index is 1.59. The molecule has 164 valence electrons. The Morgan fingerprint density at radius 1 is 1.06 bits per heavy atom. The molecule has 3 rings (SSSR count). The van der Waals surface area contributed by atoms with Gasteiger partial charge in [-0.1, -0.05) is 24.3 Å². The van der Waals surface area contributed by atoms with Crippen molar-refractivity contribution in [3.63, 3.8) is 0 Å². The molecule has 0 saturated carbocycles. The zero-order chi connectivity index (χ0) is 22.3. The Bertz CT molecular complexity index is 1110. The van der Waals surface area contributed by atoms with E-state index in [0.717, 1.165) is 16.9 Å². The third kappa shape index (κ3) is 5.53. The number of carbonyl (C=O) groups excluding carboxylic acids is 2. The van der Waals surface area contributed by atoms with Crippen molar-refractivity contribution in [3.8, 4) is 5.75 Å². The molecule has 0 aliphatic rings. The number of methoxy groups -OCH3 is 1. The van der Waals surface area contributed by atoms with Crippen molar-refractivity contribution in [1.29, 1.82) is 0 Å². The summed E-state index contributed by atoms with van der Waals surface area (Å²) in [7, 11) is -2.24. The van der Waals surface area contributed by atoms with Gasteiger partial charge in [-0.2, -0.15) is 0 Å². The fourth-order valence-corrected chi connectivity index (χ4v) is 5.76. The van der Waals surface area contributed by atoms with Gasteiger partial charge >= 0.3 is 11.8 Å². The van der Waals surface area contributed by atoms with Gasteiger partial charge in [-0.25, -0.2) is 8.42 Å². The van der Waals surface area contributed by atoms with Crippen LogP contribution in [0.15, 0.2) is 68.8 Å². The van der Waals surface area contributed by atoms with Gasteiger partial charge in [-0.15, -0.1) is 11.3 Å². The standard InChI is InChI=1S/C21H22N2O6S2/c1-28-16-7-3-2-6-15(16)10-11-22-20(24)21(25)23-14-18(17-8-4-12-29-17)31(26,27)19-9-5-13-30-19/h2-9,12-13,18H,10-11,14H2,1H3,(H,22,24)(H,23,25)/t18-/m1/s1. The van der Waals surface area contributed by atoms with Crippen LogP contribution < -0.4 is 15.4 Å². The van der Waals surface area contributed by atoms with E-state index in [9.17, 15) is 18.0 Å². The minimum Gasteiger partial charge on any atom is -0.496 e. The highest BCUT2D eigenvalue weighted by molar-refractivity contribution is 7.93. The van der Waals surface area contributed by atoms with Gasteiger partial charge in [-0.05, 0) is 41.6 Å². The van der Waals surface area contributed by atoms with E-state index in [4.69, 9.17) is 9.15 Å². The summed E-state index contributed by atoms with van der Waals surface area (Å²) in [6, 6.07) is 13.6. The first-order valence-electron chi connectivity index (χ1n) is 9.42. The van der Waals surface area contributed by atoms with Crippen molar-refractivity contribution < 1.29 is 27.2 Å². The van der Waals surface area contributed by atoms with E-state index in [1.807, 2.05) is 24.3 Å². The van der Waals surface area contributed by atoms with Gasteiger partial charge < -0.3 is 19.8 Å². The van der Waals surface area contributed by atoms with E-state index in [0.29, 0.717) is 12.2 Å². The summed E-state index contributed by atoms with van der Waals surface area (Å²) < 4.78 is 36.6. The fourth-order valence-electron chi connectivity index (χ4n) is 2.97. The number of thiophene rings is 1. The molecule has 0 aliphatic heterocycles. The Morgan fingerprint density at radius 2 is 1.84 bits per heavy atom. The van der Waals surface area contributed by atoms with Gasteiger partial charge in [0.15, 0.2) is 9.84 Å². The molecule has 3 aromatic rings. The van der Waals surface area contributed by atoms with E-state index < -0.39 is 26.9 Å². The largest absolute Gasteiger partial charge is 0.496 e. The lowest BCUT2D eigenvalue weighted by Gasteiger charge is -2.15. The van der Waals surface area contributed by atoms with Gasteiger partial charge in [-0.3, -0.25) is 9.59 Å². The van der Waals surface area contributed by atoms with Crippen molar-refractivity contribution in [3.05, 3.63) is 71.5 Å². The summed E-state index contributed by atoms with van der Waals surface area (Å²) in [4.78, 5) is 24.4. The predicted molar refractivity (Wildman–Crippen MR) is 116 cm³/mol. The Kier molecular flexibility index (Phi) is 7.48. The number of nitrogens with one attached hydrogen (secondary N) is 2. The minimum atomic E-state index is -3.80. The predicted octanol–water partition coefficient (Wildman–Crippen LogP) is 2.34. The number of carbonyl (C=O) groups is 2. The van der Waals surface area contributed by atoms with Gasteiger partial charge in [0.25, 0.3) is 0 Å². The quantitative estimate of drug-likeness (QED) is 0.472. The summed E-state index contributed by atoms with van der Waals surface area (Å²) in [6.07, 6.45) is 1.84. The van der Waals surface area contributed by atoms with Crippen LogP contribution in [0.1, 0.15) is 16.6 Å². The number of hydrogen-bond acceptors (Lipinski definition) is 7. The molecule has 0 unspecified atom stereocenters. The number of hydrogen-bond donors (Lipinski definition) is 2. The second-order valence-electron chi connectivity index (χ2n) is 6.51. The summed E-state index contributed by atoms with van der Waals surface area (Å²) >= 11 is 1.08. The molecule has 0 bridgehead atoms. The third-order valence-electron chi connectivity index (χ3n) is 4.54. The number of amides is 2. The lowest BCUT2D eigenvalue weighted by atomic mass is 10.1. The summed E-state index contributed by atoms with van der Waals surface area (Å²) in [6.45, 7) is -0.0752. The normalized spacial score (nSPS) is 12.2. The topological polar surface area (TPSA) is 115 Å².